The van der Waals surface area contributed by atoms with Crippen molar-refractivity contribution in [3.05, 3.63) is 21.3 Å². The van der Waals surface area contributed by atoms with Crippen LogP contribution in [0.5, 0.6) is 0 Å². The highest BCUT2D eigenvalue weighted by Crippen LogP contribution is 2.24. The summed E-state index contributed by atoms with van der Waals surface area (Å²) in [5.41, 5.74) is 0. The topological polar surface area (TPSA) is 17.1 Å². The molecule has 0 aliphatic rings. The zero-order valence-corrected chi connectivity index (χ0v) is 10.1. The molecule has 0 fully saturated rings. The Bertz CT molecular complexity index is 302. The molecule has 0 radical (unpaired) electrons. The quantitative estimate of drug-likeness (QED) is 0.685. The fourth-order valence-electron chi connectivity index (χ4n) is 1.40. The maximum absolute atomic E-state index is 11.7. The first kappa shape index (κ1) is 11.7. The number of carbonyl (C=O) groups excluding carboxylic acids is 1. The van der Waals surface area contributed by atoms with Gasteiger partial charge in [0.05, 0.1) is 9.21 Å². The fraction of sp³-hybridized carbons (Fsp3) is 0.545. The lowest BCUT2D eigenvalue weighted by molar-refractivity contribution is 0.0962. The largest absolute Gasteiger partial charge is 0.293 e. The van der Waals surface area contributed by atoms with Gasteiger partial charge in [-0.15, -0.1) is 11.3 Å². The summed E-state index contributed by atoms with van der Waals surface area (Å²) in [6.45, 7) is 4.26. The van der Waals surface area contributed by atoms with E-state index in [9.17, 15) is 4.79 Å². The second-order valence-electron chi connectivity index (χ2n) is 3.41. The zero-order valence-electron chi connectivity index (χ0n) is 8.55. The molecular weight excluding hydrogens is 216 g/mol. The molecule has 1 aromatic heterocycles. The molecule has 0 saturated heterocycles. The van der Waals surface area contributed by atoms with Crippen LogP contribution >= 0.6 is 22.9 Å². The molecule has 14 heavy (non-hydrogen) atoms. The summed E-state index contributed by atoms with van der Waals surface area (Å²) in [5, 5.41) is 0. The van der Waals surface area contributed by atoms with Gasteiger partial charge in [0.15, 0.2) is 5.78 Å². The third-order valence-electron chi connectivity index (χ3n) is 2.48. The van der Waals surface area contributed by atoms with Gasteiger partial charge in [-0.25, -0.2) is 0 Å². The molecule has 1 heterocycles. The summed E-state index contributed by atoms with van der Waals surface area (Å²) >= 11 is 7.15. The minimum Gasteiger partial charge on any atom is -0.293 e. The van der Waals surface area contributed by atoms with E-state index in [0.717, 1.165) is 17.7 Å². The van der Waals surface area contributed by atoms with E-state index in [-0.39, 0.29) is 5.78 Å². The van der Waals surface area contributed by atoms with Crippen molar-refractivity contribution in [2.45, 2.75) is 33.1 Å². The average Bonchev–Trinajstić information content (AvgIpc) is 2.61. The second kappa shape index (κ2) is 5.52. The smallest absolute Gasteiger partial charge is 0.173 e. The Hall–Kier alpha value is -0.340. The highest BCUT2D eigenvalue weighted by Gasteiger charge is 2.13. The molecule has 78 valence electrons. The van der Waals surface area contributed by atoms with Crippen LogP contribution in [0.15, 0.2) is 12.1 Å². The van der Waals surface area contributed by atoms with E-state index in [1.54, 1.807) is 6.07 Å². The molecule has 0 bridgehead atoms. The molecule has 0 aliphatic carbocycles. The van der Waals surface area contributed by atoms with Gasteiger partial charge in [0.2, 0.25) is 0 Å². The van der Waals surface area contributed by atoms with Crippen molar-refractivity contribution in [3.8, 4) is 0 Å². The van der Waals surface area contributed by atoms with Crippen molar-refractivity contribution in [1.82, 2.24) is 0 Å². The lowest BCUT2D eigenvalue weighted by Gasteiger charge is -2.09. The summed E-state index contributed by atoms with van der Waals surface area (Å²) in [5.74, 6) is 0.749. The average molecular weight is 231 g/mol. The van der Waals surface area contributed by atoms with Crippen LogP contribution in [0, 0.1) is 5.92 Å². The molecule has 1 aromatic rings. The van der Waals surface area contributed by atoms with Gasteiger partial charge >= 0.3 is 0 Å². The van der Waals surface area contributed by atoms with Gasteiger partial charge in [0.1, 0.15) is 0 Å². The van der Waals surface area contributed by atoms with Gasteiger partial charge in [-0.3, -0.25) is 4.79 Å². The van der Waals surface area contributed by atoms with E-state index in [1.165, 1.54) is 11.3 Å². The number of halogens is 1. The highest BCUT2D eigenvalue weighted by molar-refractivity contribution is 7.18. The fourth-order valence-corrected chi connectivity index (χ4v) is 2.40. The van der Waals surface area contributed by atoms with Gasteiger partial charge < -0.3 is 0 Å². The summed E-state index contributed by atoms with van der Waals surface area (Å²) in [6, 6.07) is 3.60. The first-order valence-corrected chi connectivity index (χ1v) is 6.15. The minimum absolute atomic E-state index is 0.232. The molecular formula is C11H15ClOS. The summed E-state index contributed by atoms with van der Waals surface area (Å²) in [6.07, 6.45) is 2.80. The van der Waals surface area contributed by atoms with Crippen molar-refractivity contribution >= 4 is 28.7 Å². The maximum atomic E-state index is 11.7. The normalized spacial score (nSPS) is 10.9. The number of hydrogen-bond donors (Lipinski definition) is 0. The molecule has 0 N–H and O–H groups in total. The SMILES string of the molecule is CCC(CC)CC(=O)c1ccc(Cl)s1. The molecule has 3 heteroatoms. The standard InChI is InChI=1S/C11H15ClOS/c1-3-8(4-2)7-9(13)10-5-6-11(12)14-10/h5-6,8H,3-4,7H2,1-2H3. The number of hydrogen-bond acceptors (Lipinski definition) is 2. The summed E-state index contributed by atoms with van der Waals surface area (Å²) in [7, 11) is 0. The van der Waals surface area contributed by atoms with Gasteiger partial charge in [-0.2, -0.15) is 0 Å². The number of Topliss-reactive ketones (excluding diaryl/α,β-unsaturated/α-hetero) is 1. The second-order valence-corrected chi connectivity index (χ2v) is 5.13. The van der Waals surface area contributed by atoms with Crippen LogP contribution in [0.3, 0.4) is 0 Å². The van der Waals surface area contributed by atoms with Crippen LogP contribution in [0.1, 0.15) is 42.8 Å². The highest BCUT2D eigenvalue weighted by atomic mass is 35.5. The van der Waals surface area contributed by atoms with E-state index in [0.29, 0.717) is 16.7 Å². The molecule has 0 unspecified atom stereocenters. The van der Waals surface area contributed by atoms with E-state index in [2.05, 4.69) is 13.8 Å². The van der Waals surface area contributed by atoms with E-state index >= 15 is 0 Å². The lowest BCUT2D eigenvalue weighted by Crippen LogP contribution is -2.05. The van der Waals surface area contributed by atoms with Crippen LogP contribution in [0.2, 0.25) is 4.34 Å². The summed E-state index contributed by atoms with van der Waals surface area (Å²) < 4.78 is 0.692. The molecule has 0 aliphatic heterocycles. The Morgan fingerprint density at radius 2 is 2.07 bits per heavy atom. The predicted molar refractivity (Wildman–Crippen MR) is 62.3 cm³/mol. The molecule has 0 atom stereocenters. The zero-order chi connectivity index (χ0) is 10.6. The molecule has 0 amide bonds. The number of rotatable bonds is 5. The van der Waals surface area contributed by atoms with E-state index < -0.39 is 0 Å². The maximum Gasteiger partial charge on any atom is 0.173 e. The Labute approximate surface area is 94.1 Å². The van der Waals surface area contributed by atoms with Crippen molar-refractivity contribution in [3.63, 3.8) is 0 Å². The van der Waals surface area contributed by atoms with Gasteiger partial charge in [0.25, 0.3) is 0 Å². The molecule has 0 spiro atoms. The Morgan fingerprint density at radius 1 is 1.43 bits per heavy atom. The molecule has 0 saturated carbocycles. The van der Waals surface area contributed by atoms with Crippen LogP contribution in [-0.4, -0.2) is 5.78 Å². The lowest BCUT2D eigenvalue weighted by atomic mass is 9.96. The molecule has 1 rings (SSSR count). The first-order valence-electron chi connectivity index (χ1n) is 4.95. The van der Waals surface area contributed by atoms with Crippen molar-refractivity contribution < 1.29 is 4.79 Å². The third-order valence-corrected chi connectivity index (χ3v) is 3.75. The number of ketones is 1. The minimum atomic E-state index is 0.232. The Balaban J connectivity index is 2.58. The van der Waals surface area contributed by atoms with Crippen LogP contribution < -0.4 is 0 Å². The van der Waals surface area contributed by atoms with E-state index in [1.807, 2.05) is 6.07 Å². The van der Waals surface area contributed by atoms with E-state index in [4.69, 9.17) is 11.6 Å². The van der Waals surface area contributed by atoms with Gasteiger partial charge in [-0.05, 0) is 18.1 Å². The van der Waals surface area contributed by atoms with Gasteiger partial charge in [0, 0.05) is 6.42 Å². The monoisotopic (exact) mass is 230 g/mol. The Kier molecular flexibility index (Phi) is 4.63. The van der Waals surface area contributed by atoms with Crippen LogP contribution in [-0.2, 0) is 0 Å². The predicted octanol–water partition coefficient (Wildman–Crippen LogP) is 4.41. The van der Waals surface area contributed by atoms with Crippen LogP contribution in [0.4, 0.5) is 0 Å². The Morgan fingerprint density at radius 3 is 2.50 bits per heavy atom. The van der Waals surface area contributed by atoms with Crippen molar-refractivity contribution in [1.29, 1.82) is 0 Å². The first-order chi connectivity index (χ1) is 6.67. The van der Waals surface area contributed by atoms with Crippen LogP contribution in [0.25, 0.3) is 0 Å². The molecule has 1 nitrogen and oxygen atoms in total. The number of carbonyl (C=O) groups is 1. The third kappa shape index (κ3) is 3.10. The number of thiophene rings is 1. The molecule has 0 aromatic carbocycles. The van der Waals surface area contributed by atoms with Crippen molar-refractivity contribution in [2.24, 2.45) is 5.92 Å². The van der Waals surface area contributed by atoms with Crippen molar-refractivity contribution in [2.75, 3.05) is 0 Å². The van der Waals surface area contributed by atoms with Gasteiger partial charge in [-0.1, -0.05) is 38.3 Å². The summed E-state index contributed by atoms with van der Waals surface area (Å²) in [4.78, 5) is 12.5.